The number of epoxide rings is 2. The lowest BCUT2D eigenvalue weighted by atomic mass is 10.1. The van der Waals surface area contributed by atoms with Crippen LogP contribution in [0.1, 0.15) is 6.42 Å². The lowest BCUT2D eigenvalue weighted by Crippen LogP contribution is -2.20. The van der Waals surface area contributed by atoms with E-state index in [0.717, 1.165) is 0 Å². The fourth-order valence-electron chi connectivity index (χ4n) is 1.56. The average molecular weight is 288 g/mol. The highest BCUT2D eigenvalue weighted by Crippen LogP contribution is 2.42. The maximum atomic E-state index is 10.6. The van der Waals surface area contributed by atoms with Crippen molar-refractivity contribution in [1.29, 1.82) is 0 Å². The van der Waals surface area contributed by atoms with E-state index in [1.54, 1.807) is 0 Å². The van der Waals surface area contributed by atoms with Crippen LogP contribution in [0.3, 0.4) is 0 Å². The van der Waals surface area contributed by atoms with E-state index in [0.29, 0.717) is 19.6 Å². The van der Waals surface area contributed by atoms with E-state index < -0.39 is 13.9 Å². The number of phosphoric ester groups is 1. The van der Waals surface area contributed by atoms with Crippen molar-refractivity contribution in [2.24, 2.45) is 0 Å². The van der Waals surface area contributed by atoms with Gasteiger partial charge in [0.2, 0.25) is 0 Å². The zero-order valence-electron chi connectivity index (χ0n) is 10.3. The van der Waals surface area contributed by atoms with Gasteiger partial charge in [0.15, 0.2) is 0 Å². The second-order valence-corrected chi connectivity index (χ2v) is 5.54. The molecule has 7 heteroatoms. The van der Waals surface area contributed by atoms with Crippen LogP contribution >= 0.6 is 7.82 Å². The molecule has 0 bridgehead atoms. The van der Waals surface area contributed by atoms with Gasteiger partial charge in [0.25, 0.3) is 0 Å². The minimum absolute atomic E-state index is 0.0840. The Morgan fingerprint density at radius 2 is 1.58 bits per heavy atom. The van der Waals surface area contributed by atoms with E-state index in [1.165, 1.54) is 0 Å². The maximum absolute atomic E-state index is 10.6. The van der Waals surface area contributed by atoms with Crippen LogP contribution in [0, 0.1) is 0 Å². The Bertz CT molecular complexity index is 385. The normalized spacial score (nSPS) is 26.0. The molecule has 2 saturated heterocycles. The molecule has 6 nitrogen and oxygen atoms in total. The first-order valence-corrected chi connectivity index (χ1v) is 7.55. The van der Waals surface area contributed by atoms with E-state index >= 15 is 0 Å². The molecule has 2 N–H and O–H groups in total. The summed E-state index contributed by atoms with van der Waals surface area (Å²) in [7, 11) is -4.40. The summed E-state index contributed by atoms with van der Waals surface area (Å²) in [5.74, 6) is 0. The van der Waals surface area contributed by atoms with Gasteiger partial charge in [-0.15, -0.1) is 0 Å². The summed E-state index contributed by atoms with van der Waals surface area (Å²) in [4.78, 5) is 17.2. The zero-order chi connectivity index (χ0) is 13.7. The van der Waals surface area contributed by atoms with Gasteiger partial charge in [-0.1, -0.05) is 36.4 Å². The van der Waals surface area contributed by atoms with Crippen LogP contribution in [0.25, 0.3) is 0 Å². The third-order valence-electron chi connectivity index (χ3n) is 2.61. The van der Waals surface area contributed by atoms with Gasteiger partial charge in [-0.05, 0) is 0 Å². The van der Waals surface area contributed by atoms with Crippen molar-refractivity contribution < 1.29 is 28.3 Å². The molecule has 3 rings (SSSR count). The molecule has 106 valence electrons. The van der Waals surface area contributed by atoms with Gasteiger partial charge in [-0.2, -0.15) is 0 Å². The lowest BCUT2D eigenvalue weighted by Gasteiger charge is -2.14. The van der Waals surface area contributed by atoms with Gasteiger partial charge in [-0.25, -0.2) is 4.57 Å². The Balaban J connectivity index is 0.000000186. The van der Waals surface area contributed by atoms with Crippen LogP contribution in [0.15, 0.2) is 36.4 Å². The molecule has 1 aromatic carbocycles. The van der Waals surface area contributed by atoms with Gasteiger partial charge in [0.05, 0.1) is 19.3 Å². The summed E-state index contributed by atoms with van der Waals surface area (Å²) in [6.07, 6.45) is -0.124. The summed E-state index contributed by atoms with van der Waals surface area (Å²) < 4.78 is 25.0. The Labute approximate surface area is 111 Å². The molecule has 0 saturated carbocycles. The lowest BCUT2D eigenvalue weighted by molar-refractivity contribution is 0.0957. The molecule has 0 amide bonds. The smallest absolute Gasteiger partial charge is 0.373 e. The number of hydrogen-bond acceptors (Lipinski definition) is 4. The number of rotatable bonds is 5. The standard InChI is InChI=1S/C6H11O6P.C6H6/c7-13(8,9)12-5(6-3-11-6)1-4-2-10-4;1-2-4-6-5-3-1/h4-6H,1-3H2,(H2,7,8,9);1-6H. The number of benzene rings is 1. The van der Waals surface area contributed by atoms with Gasteiger partial charge < -0.3 is 19.3 Å². The van der Waals surface area contributed by atoms with Crippen molar-refractivity contribution in [3.8, 4) is 0 Å². The molecule has 2 aliphatic rings. The summed E-state index contributed by atoms with van der Waals surface area (Å²) in [5, 5.41) is 0. The third kappa shape index (κ3) is 6.82. The molecule has 0 radical (unpaired) electrons. The summed E-state index contributed by atoms with van der Waals surface area (Å²) in [6, 6.07) is 12.0. The molecule has 3 unspecified atom stereocenters. The van der Waals surface area contributed by atoms with Crippen molar-refractivity contribution >= 4 is 7.82 Å². The quantitative estimate of drug-likeness (QED) is 0.627. The number of phosphoric acid groups is 1. The first-order chi connectivity index (χ1) is 9.04. The highest BCUT2D eigenvalue weighted by molar-refractivity contribution is 7.46. The molecular weight excluding hydrogens is 271 g/mol. The van der Waals surface area contributed by atoms with Crippen LogP contribution in [0.5, 0.6) is 0 Å². The monoisotopic (exact) mass is 288 g/mol. The van der Waals surface area contributed by atoms with Crippen LogP contribution in [-0.2, 0) is 18.6 Å². The highest BCUT2D eigenvalue weighted by Gasteiger charge is 2.41. The maximum Gasteiger partial charge on any atom is 0.469 e. The fraction of sp³-hybridized carbons (Fsp3) is 0.500. The van der Waals surface area contributed by atoms with Crippen LogP contribution < -0.4 is 0 Å². The predicted octanol–water partition coefficient (Wildman–Crippen LogP) is 1.34. The number of hydrogen-bond donors (Lipinski definition) is 2. The van der Waals surface area contributed by atoms with Gasteiger partial charge in [0.1, 0.15) is 12.2 Å². The molecule has 19 heavy (non-hydrogen) atoms. The number of ether oxygens (including phenoxy) is 2. The minimum Gasteiger partial charge on any atom is -0.373 e. The second kappa shape index (κ2) is 6.61. The Morgan fingerprint density at radius 3 is 1.89 bits per heavy atom. The van der Waals surface area contributed by atoms with E-state index in [1.807, 2.05) is 36.4 Å². The molecule has 3 atom stereocenters. The first kappa shape index (κ1) is 14.7. The Hall–Kier alpha value is -0.750. The molecule has 2 heterocycles. The van der Waals surface area contributed by atoms with E-state index in [-0.39, 0.29) is 12.2 Å². The third-order valence-corrected chi connectivity index (χ3v) is 3.16. The molecule has 0 aromatic heterocycles. The SMILES string of the molecule is O=P(O)(O)OC(CC1CO1)C1CO1.c1ccccc1. The van der Waals surface area contributed by atoms with Gasteiger partial charge in [0, 0.05) is 6.42 Å². The minimum atomic E-state index is -4.40. The predicted molar refractivity (Wildman–Crippen MR) is 67.5 cm³/mol. The Kier molecular flexibility index (Phi) is 5.10. The largest absolute Gasteiger partial charge is 0.469 e. The average Bonchev–Trinajstić information content (AvgIpc) is 3.24. The summed E-state index contributed by atoms with van der Waals surface area (Å²) in [6.45, 7) is 1.16. The second-order valence-electron chi connectivity index (χ2n) is 4.35. The molecule has 2 aliphatic heterocycles. The topological polar surface area (TPSA) is 91.8 Å². The first-order valence-electron chi connectivity index (χ1n) is 6.02. The van der Waals surface area contributed by atoms with Crippen molar-refractivity contribution in [2.45, 2.75) is 24.7 Å². The van der Waals surface area contributed by atoms with Crippen LogP contribution in [0.2, 0.25) is 0 Å². The fourth-order valence-corrected chi connectivity index (χ4v) is 2.13. The highest BCUT2D eigenvalue weighted by atomic mass is 31.2. The van der Waals surface area contributed by atoms with Gasteiger partial charge >= 0.3 is 7.82 Å². The molecular formula is C12H17O6P. The van der Waals surface area contributed by atoms with Crippen LogP contribution in [0.4, 0.5) is 0 Å². The molecule has 0 spiro atoms. The van der Waals surface area contributed by atoms with Crippen molar-refractivity contribution in [3.63, 3.8) is 0 Å². The van der Waals surface area contributed by atoms with E-state index in [9.17, 15) is 4.57 Å². The molecule has 1 aromatic rings. The summed E-state index contributed by atoms with van der Waals surface area (Å²) in [5.41, 5.74) is 0. The van der Waals surface area contributed by atoms with E-state index in [2.05, 4.69) is 4.52 Å². The van der Waals surface area contributed by atoms with Crippen molar-refractivity contribution in [1.82, 2.24) is 0 Å². The van der Waals surface area contributed by atoms with Crippen molar-refractivity contribution in [3.05, 3.63) is 36.4 Å². The Morgan fingerprint density at radius 1 is 1.11 bits per heavy atom. The van der Waals surface area contributed by atoms with Gasteiger partial charge in [-0.3, -0.25) is 4.52 Å². The molecule has 0 aliphatic carbocycles. The molecule has 2 fully saturated rings. The van der Waals surface area contributed by atoms with E-state index in [4.69, 9.17) is 19.3 Å². The zero-order valence-corrected chi connectivity index (χ0v) is 11.2. The van der Waals surface area contributed by atoms with Crippen LogP contribution in [-0.4, -0.2) is 41.3 Å². The van der Waals surface area contributed by atoms with Crippen molar-refractivity contribution in [2.75, 3.05) is 13.2 Å². The summed E-state index contributed by atoms with van der Waals surface area (Å²) >= 11 is 0.